The summed E-state index contributed by atoms with van der Waals surface area (Å²) < 4.78 is 4.76. The van der Waals surface area contributed by atoms with Gasteiger partial charge in [-0.2, -0.15) is 0 Å². The van der Waals surface area contributed by atoms with Crippen LogP contribution in [0.1, 0.15) is 22.3 Å². The molecule has 2 heterocycles. The summed E-state index contributed by atoms with van der Waals surface area (Å²) in [6.07, 6.45) is 3.67. The zero-order chi connectivity index (χ0) is 14.8. The van der Waals surface area contributed by atoms with E-state index in [0.29, 0.717) is 17.1 Å². The fraction of sp³-hybridized carbons (Fsp3) is 0.250. The van der Waals surface area contributed by atoms with Crippen molar-refractivity contribution >= 4 is 23.2 Å². The van der Waals surface area contributed by atoms with Crippen molar-refractivity contribution in [1.82, 2.24) is 4.98 Å². The molecule has 21 heavy (non-hydrogen) atoms. The topological polar surface area (TPSA) is 68.5 Å². The molecule has 108 valence electrons. The molecule has 3 rings (SSSR count). The van der Waals surface area contributed by atoms with E-state index in [2.05, 4.69) is 22.0 Å². The van der Waals surface area contributed by atoms with Crippen molar-refractivity contribution in [3.8, 4) is 0 Å². The number of nitrogen functional groups attached to an aromatic ring is 1. The van der Waals surface area contributed by atoms with E-state index in [1.807, 2.05) is 12.1 Å². The minimum atomic E-state index is -0.443. The Labute approximate surface area is 123 Å². The number of aryl methyl sites for hydroxylation is 1. The number of pyridine rings is 1. The molecule has 0 aliphatic carbocycles. The van der Waals surface area contributed by atoms with Gasteiger partial charge in [-0.1, -0.05) is 18.2 Å². The number of fused-ring (bicyclic) bond motifs is 1. The quantitative estimate of drug-likeness (QED) is 0.858. The molecule has 0 saturated carbocycles. The van der Waals surface area contributed by atoms with Crippen molar-refractivity contribution in [3.63, 3.8) is 0 Å². The molecule has 0 amide bonds. The third kappa shape index (κ3) is 2.31. The number of nitrogens with two attached hydrogens (primary N) is 1. The van der Waals surface area contributed by atoms with E-state index in [9.17, 15) is 4.79 Å². The summed E-state index contributed by atoms with van der Waals surface area (Å²) in [6.45, 7) is 0.832. The Morgan fingerprint density at radius 3 is 2.95 bits per heavy atom. The van der Waals surface area contributed by atoms with Crippen LogP contribution in [0.3, 0.4) is 0 Å². The van der Waals surface area contributed by atoms with Gasteiger partial charge < -0.3 is 15.4 Å². The van der Waals surface area contributed by atoms with Crippen molar-refractivity contribution in [2.75, 3.05) is 24.3 Å². The molecule has 2 N–H and O–H groups in total. The number of nitrogens with zero attached hydrogens (tertiary/aromatic N) is 2. The number of benzene rings is 1. The van der Waals surface area contributed by atoms with Crippen LogP contribution in [0.25, 0.3) is 0 Å². The number of methoxy groups -OCH3 is 1. The van der Waals surface area contributed by atoms with Crippen LogP contribution >= 0.6 is 0 Å². The standard InChI is InChI=1S/C16H17N3O2/c1-21-16(20)12-8-9-18-15(14(12)17)19-10-4-6-11-5-2-3-7-13(11)19/h2-3,5,7-9H,4,6,10,17H2,1H3. The Hall–Kier alpha value is -2.56. The van der Waals surface area contributed by atoms with E-state index in [4.69, 9.17) is 10.5 Å². The molecule has 2 aromatic rings. The number of ether oxygens (including phenoxy) is 1. The zero-order valence-corrected chi connectivity index (χ0v) is 11.9. The normalized spacial score (nSPS) is 13.7. The minimum absolute atomic E-state index is 0.352. The number of hydrogen-bond donors (Lipinski definition) is 1. The van der Waals surface area contributed by atoms with Crippen LogP contribution in [-0.2, 0) is 11.2 Å². The van der Waals surface area contributed by atoms with Crippen LogP contribution in [0.15, 0.2) is 36.5 Å². The van der Waals surface area contributed by atoms with Crippen molar-refractivity contribution < 1.29 is 9.53 Å². The number of para-hydroxylation sites is 1. The molecule has 0 radical (unpaired) electrons. The van der Waals surface area contributed by atoms with Crippen molar-refractivity contribution in [1.29, 1.82) is 0 Å². The van der Waals surface area contributed by atoms with Gasteiger partial charge in [0, 0.05) is 18.4 Å². The number of carbonyl (C=O) groups excluding carboxylic acids is 1. The smallest absolute Gasteiger partial charge is 0.340 e. The molecular weight excluding hydrogens is 266 g/mol. The lowest BCUT2D eigenvalue weighted by Gasteiger charge is -2.31. The van der Waals surface area contributed by atoms with Crippen LogP contribution in [0.4, 0.5) is 17.2 Å². The van der Waals surface area contributed by atoms with Crippen LogP contribution < -0.4 is 10.6 Å². The molecule has 0 spiro atoms. The van der Waals surface area contributed by atoms with Gasteiger partial charge in [0.25, 0.3) is 0 Å². The number of rotatable bonds is 2. The Bertz CT molecular complexity index is 685. The highest BCUT2D eigenvalue weighted by molar-refractivity contribution is 5.98. The second-order valence-corrected chi connectivity index (χ2v) is 4.97. The Morgan fingerprint density at radius 2 is 2.14 bits per heavy atom. The van der Waals surface area contributed by atoms with Gasteiger partial charge in [-0.3, -0.25) is 0 Å². The molecule has 0 saturated heterocycles. The van der Waals surface area contributed by atoms with Gasteiger partial charge in [0.2, 0.25) is 0 Å². The molecule has 1 aromatic carbocycles. The fourth-order valence-corrected chi connectivity index (χ4v) is 2.72. The minimum Gasteiger partial charge on any atom is -0.465 e. The molecule has 5 heteroatoms. The maximum absolute atomic E-state index is 11.8. The van der Waals surface area contributed by atoms with Crippen molar-refractivity contribution in [2.45, 2.75) is 12.8 Å². The number of esters is 1. The molecular formula is C16H17N3O2. The predicted molar refractivity (Wildman–Crippen MR) is 81.8 cm³/mol. The first-order valence-electron chi connectivity index (χ1n) is 6.90. The zero-order valence-electron chi connectivity index (χ0n) is 11.9. The van der Waals surface area contributed by atoms with Crippen molar-refractivity contribution in [2.24, 2.45) is 0 Å². The van der Waals surface area contributed by atoms with E-state index in [0.717, 1.165) is 25.1 Å². The molecule has 0 fully saturated rings. The first-order valence-corrected chi connectivity index (χ1v) is 6.90. The number of aromatic nitrogens is 1. The van der Waals surface area contributed by atoms with Crippen LogP contribution in [0.2, 0.25) is 0 Å². The summed E-state index contributed by atoms with van der Waals surface area (Å²) >= 11 is 0. The molecule has 5 nitrogen and oxygen atoms in total. The number of hydrogen-bond acceptors (Lipinski definition) is 5. The molecule has 0 atom stereocenters. The summed E-state index contributed by atoms with van der Waals surface area (Å²) in [7, 11) is 1.35. The van der Waals surface area contributed by atoms with E-state index < -0.39 is 5.97 Å². The van der Waals surface area contributed by atoms with Gasteiger partial charge in [-0.25, -0.2) is 9.78 Å². The monoisotopic (exact) mass is 283 g/mol. The van der Waals surface area contributed by atoms with Gasteiger partial charge in [0.1, 0.15) is 0 Å². The second kappa shape index (κ2) is 5.44. The summed E-state index contributed by atoms with van der Waals surface area (Å²) in [4.78, 5) is 18.2. The van der Waals surface area contributed by atoms with Crippen LogP contribution in [0.5, 0.6) is 0 Å². The third-order valence-corrected chi connectivity index (χ3v) is 3.74. The van der Waals surface area contributed by atoms with Gasteiger partial charge in [-0.05, 0) is 30.5 Å². The Morgan fingerprint density at radius 1 is 1.33 bits per heavy atom. The lowest BCUT2D eigenvalue weighted by molar-refractivity contribution is 0.0602. The lowest BCUT2D eigenvalue weighted by atomic mass is 10.0. The summed E-state index contributed by atoms with van der Waals surface area (Å²) in [6, 6.07) is 9.78. The fourth-order valence-electron chi connectivity index (χ4n) is 2.72. The van der Waals surface area contributed by atoms with Gasteiger partial charge in [0.05, 0.1) is 18.4 Å². The largest absolute Gasteiger partial charge is 0.465 e. The van der Waals surface area contributed by atoms with Gasteiger partial charge in [0.15, 0.2) is 5.82 Å². The predicted octanol–water partition coefficient (Wildman–Crippen LogP) is 2.53. The highest BCUT2D eigenvalue weighted by Gasteiger charge is 2.23. The molecule has 0 unspecified atom stereocenters. The van der Waals surface area contributed by atoms with Gasteiger partial charge >= 0.3 is 5.97 Å². The van der Waals surface area contributed by atoms with E-state index >= 15 is 0 Å². The van der Waals surface area contributed by atoms with Gasteiger partial charge in [-0.15, -0.1) is 0 Å². The second-order valence-electron chi connectivity index (χ2n) is 4.97. The first-order chi connectivity index (χ1) is 10.2. The Balaban J connectivity index is 2.08. The maximum atomic E-state index is 11.8. The average Bonchev–Trinajstić information content (AvgIpc) is 2.54. The maximum Gasteiger partial charge on any atom is 0.340 e. The molecule has 1 aliphatic heterocycles. The molecule has 1 aliphatic rings. The van der Waals surface area contributed by atoms with E-state index in [1.54, 1.807) is 12.3 Å². The summed E-state index contributed by atoms with van der Waals surface area (Å²) in [5.74, 6) is 0.173. The molecule has 1 aromatic heterocycles. The highest BCUT2D eigenvalue weighted by Crippen LogP contribution is 2.35. The van der Waals surface area contributed by atoms with Crippen LogP contribution in [0, 0.1) is 0 Å². The van der Waals surface area contributed by atoms with Crippen LogP contribution in [-0.4, -0.2) is 24.6 Å². The highest BCUT2D eigenvalue weighted by atomic mass is 16.5. The lowest BCUT2D eigenvalue weighted by Crippen LogP contribution is -2.26. The SMILES string of the molecule is COC(=O)c1ccnc(N2CCCc3ccccc32)c1N. The summed E-state index contributed by atoms with van der Waals surface area (Å²) in [5.41, 5.74) is 9.23. The third-order valence-electron chi connectivity index (χ3n) is 3.74. The number of anilines is 3. The average molecular weight is 283 g/mol. The number of carbonyl (C=O) groups is 1. The molecule has 0 bridgehead atoms. The van der Waals surface area contributed by atoms with E-state index in [1.165, 1.54) is 12.7 Å². The Kier molecular flexibility index (Phi) is 3.48. The summed E-state index contributed by atoms with van der Waals surface area (Å²) in [5, 5.41) is 0. The van der Waals surface area contributed by atoms with Crippen molar-refractivity contribution in [3.05, 3.63) is 47.7 Å². The van der Waals surface area contributed by atoms with E-state index in [-0.39, 0.29) is 0 Å². The first kappa shape index (κ1) is 13.4.